The number of carboxylic acids is 1. The summed E-state index contributed by atoms with van der Waals surface area (Å²) in [6.45, 7) is 1.70. The molecule has 0 saturated carbocycles. The Morgan fingerprint density at radius 2 is 1.79 bits per heavy atom. The fourth-order valence-corrected chi connectivity index (χ4v) is 2.37. The lowest BCUT2D eigenvalue weighted by atomic mass is 10.2. The van der Waals surface area contributed by atoms with Gasteiger partial charge in [-0.3, -0.25) is 9.59 Å². The lowest BCUT2D eigenvalue weighted by Crippen LogP contribution is -2.41. The minimum Gasteiger partial charge on any atom is -0.481 e. The minimum atomic E-state index is -0.978. The zero-order chi connectivity index (χ0) is 18.3. The normalized spacial score (nSPS) is 11.5. The molecule has 1 unspecified atom stereocenters. The van der Waals surface area contributed by atoms with E-state index in [1.165, 1.54) is 18.9 Å². The maximum absolute atomic E-state index is 11.8. The first-order valence-electron chi connectivity index (χ1n) is 7.16. The standard InChI is InChI=1S/C15H19Cl2N3O4/c1-9(14(22)23)8-20(2)15(24)18-4-3-13(21)19-12-6-10(16)5-11(17)7-12/h5-7,9H,3-4,8H2,1-2H3,(H,18,24)(H,19,21)(H,22,23). The number of nitrogens with zero attached hydrogens (tertiary/aromatic N) is 1. The van der Waals surface area contributed by atoms with E-state index in [1.807, 2.05) is 0 Å². The molecule has 0 saturated heterocycles. The Kier molecular flexibility index (Phi) is 7.81. The molecule has 1 aromatic rings. The number of carbonyl (C=O) groups excluding carboxylic acids is 2. The summed E-state index contributed by atoms with van der Waals surface area (Å²) in [7, 11) is 1.49. The number of carboxylic acid groups (broad SMARTS) is 1. The molecule has 9 heteroatoms. The zero-order valence-electron chi connectivity index (χ0n) is 13.3. The third-order valence-electron chi connectivity index (χ3n) is 3.09. The molecule has 7 nitrogen and oxygen atoms in total. The number of aliphatic carboxylic acids is 1. The van der Waals surface area contributed by atoms with Crippen LogP contribution in [-0.2, 0) is 9.59 Å². The molecule has 3 N–H and O–H groups in total. The minimum absolute atomic E-state index is 0.0538. The number of carbonyl (C=O) groups is 3. The van der Waals surface area contributed by atoms with Crippen molar-refractivity contribution in [3.63, 3.8) is 0 Å². The number of rotatable bonds is 7. The molecule has 0 bridgehead atoms. The molecule has 132 valence electrons. The Hall–Kier alpha value is -1.99. The van der Waals surface area contributed by atoms with E-state index in [9.17, 15) is 14.4 Å². The van der Waals surface area contributed by atoms with Gasteiger partial charge in [-0.25, -0.2) is 4.79 Å². The number of hydrogen-bond donors (Lipinski definition) is 3. The van der Waals surface area contributed by atoms with Crippen molar-refractivity contribution in [2.75, 3.05) is 25.5 Å². The average molecular weight is 376 g/mol. The molecule has 0 radical (unpaired) electrons. The number of nitrogens with one attached hydrogen (secondary N) is 2. The molecule has 0 fully saturated rings. The first-order chi connectivity index (χ1) is 11.2. The van der Waals surface area contributed by atoms with E-state index in [2.05, 4.69) is 10.6 Å². The highest BCUT2D eigenvalue weighted by Gasteiger charge is 2.17. The molecule has 1 aromatic carbocycles. The highest BCUT2D eigenvalue weighted by Crippen LogP contribution is 2.22. The Morgan fingerprint density at radius 1 is 1.21 bits per heavy atom. The number of halogens is 2. The van der Waals surface area contributed by atoms with Crippen LogP contribution in [0.4, 0.5) is 10.5 Å². The van der Waals surface area contributed by atoms with Crippen molar-refractivity contribution in [3.05, 3.63) is 28.2 Å². The molecule has 0 aromatic heterocycles. The van der Waals surface area contributed by atoms with Gasteiger partial charge in [0.15, 0.2) is 0 Å². The second kappa shape index (κ2) is 9.34. The molecular weight excluding hydrogens is 357 g/mol. The largest absolute Gasteiger partial charge is 0.481 e. The summed E-state index contributed by atoms with van der Waals surface area (Å²) in [5.74, 6) is -1.96. The van der Waals surface area contributed by atoms with Gasteiger partial charge in [0.2, 0.25) is 5.91 Å². The molecule has 0 heterocycles. The Balaban J connectivity index is 2.37. The van der Waals surface area contributed by atoms with Crippen molar-refractivity contribution in [2.45, 2.75) is 13.3 Å². The van der Waals surface area contributed by atoms with Crippen LogP contribution in [0, 0.1) is 5.92 Å². The lowest BCUT2D eigenvalue weighted by molar-refractivity contribution is -0.141. The van der Waals surface area contributed by atoms with Crippen molar-refractivity contribution in [1.82, 2.24) is 10.2 Å². The van der Waals surface area contributed by atoms with E-state index in [0.29, 0.717) is 15.7 Å². The van der Waals surface area contributed by atoms with Crippen LogP contribution in [-0.4, -0.2) is 48.1 Å². The molecule has 1 atom stereocenters. The average Bonchev–Trinajstić information content (AvgIpc) is 2.45. The van der Waals surface area contributed by atoms with Crippen LogP contribution >= 0.6 is 23.2 Å². The van der Waals surface area contributed by atoms with E-state index < -0.39 is 17.9 Å². The van der Waals surface area contributed by atoms with Gasteiger partial charge in [0.25, 0.3) is 0 Å². The number of hydrogen-bond acceptors (Lipinski definition) is 3. The van der Waals surface area contributed by atoms with E-state index in [1.54, 1.807) is 18.2 Å². The molecule has 0 aliphatic carbocycles. The summed E-state index contributed by atoms with van der Waals surface area (Å²) in [6, 6.07) is 4.23. The third kappa shape index (κ3) is 7.06. The van der Waals surface area contributed by atoms with E-state index in [-0.39, 0.29) is 25.4 Å². The second-order valence-electron chi connectivity index (χ2n) is 5.31. The van der Waals surface area contributed by atoms with Gasteiger partial charge in [-0.2, -0.15) is 0 Å². The molecule has 3 amide bonds. The Morgan fingerprint density at radius 3 is 2.33 bits per heavy atom. The maximum atomic E-state index is 11.8. The Labute approximate surface area is 149 Å². The van der Waals surface area contributed by atoms with Crippen LogP contribution in [0.5, 0.6) is 0 Å². The number of urea groups is 1. The van der Waals surface area contributed by atoms with Gasteiger partial charge in [-0.1, -0.05) is 30.1 Å². The fourth-order valence-electron chi connectivity index (χ4n) is 1.84. The fraction of sp³-hybridized carbons (Fsp3) is 0.400. The molecule has 24 heavy (non-hydrogen) atoms. The van der Waals surface area contributed by atoms with Gasteiger partial charge >= 0.3 is 12.0 Å². The van der Waals surface area contributed by atoms with E-state index >= 15 is 0 Å². The van der Waals surface area contributed by atoms with Crippen LogP contribution in [0.15, 0.2) is 18.2 Å². The lowest BCUT2D eigenvalue weighted by Gasteiger charge is -2.19. The first kappa shape index (κ1) is 20.1. The van der Waals surface area contributed by atoms with Crippen molar-refractivity contribution < 1.29 is 19.5 Å². The van der Waals surface area contributed by atoms with Crippen molar-refractivity contribution >= 4 is 46.8 Å². The molecular formula is C15H19Cl2N3O4. The summed E-state index contributed by atoms with van der Waals surface area (Å²) < 4.78 is 0. The molecule has 0 aliphatic rings. The quantitative estimate of drug-likeness (QED) is 0.681. The predicted molar refractivity (Wildman–Crippen MR) is 92.5 cm³/mol. The topological polar surface area (TPSA) is 98.7 Å². The SMILES string of the molecule is CC(CN(C)C(=O)NCCC(=O)Nc1cc(Cl)cc(Cl)c1)C(=O)O. The van der Waals surface area contributed by atoms with Gasteiger partial charge in [0, 0.05) is 42.3 Å². The van der Waals surface area contributed by atoms with E-state index in [0.717, 1.165) is 0 Å². The number of benzene rings is 1. The van der Waals surface area contributed by atoms with Gasteiger partial charge < -0.3 is 20.6 Å². The maximum Gasteiger partial charge on any atom is 0.317 e. The van der Waals surface area contributed by atoms with Gasteiger partial charge in [-0.05, 0) is 18.2 Å². The molecule has 0 aliphatic heterocycles. The summed E-state index contributed by atoms with van der Waals surface area (Å²) >= 11 is 11.7. The van der Waals surface area contributed by atoms with Crippen LogP contribution in [0.2, 0.25) is 10.0 Å². The van der Waals surface area contributed by atoms with Crippen LogP contribution in [0.3, 0.4) is 0 Å². The smallest absolute Gasteiger partial charge is 0.317 e. The van der Waals surface area contributed by atoms with Crippen molar-refractivity contribution in [1.29, 1.82) is 0 Å². The number of anilines is 1. The third-order valence-corrected chi connectivity index (χ3v) is 3.53. The van der Waals surface area contributed by atoms with Crippen molar-refractivity contribution in [3.8, 4) is 0 Å². The van der Waals surface area contributed by atoms with Crippen LogP contribution in [0.25, 0.3) is 0 Å². The summed E-state index contributed by atoms with van der Waals surface area (Å²) in [4.78, 5) is 35.6. The van der Waals surface area contributed by atoms with Gasteiger partial charge in [0.05, 0.1) is 5.92 Å². The predicted octanol–water partition coefficient (Wildman–Crippen LogP) is 2.68. The molecule has 0 spiro atoms. The van der Waals surface area contributed by atoms with Crippen LogP contribution < -0.4 is 10.6 Å². The highest BCUT2D eigenvalue weighted by atomic mass is 35.5. The van der Waals surface area contributed by atoms with E-state index in [4.69, 9.17) is 28.3 Å². The zero-order valence-corrected chi connectivity index (χ0v) is 14.8. The first-order valence-corrected chi connectivity index (χ1v) is 7.92. The van der Waals surface area contributed by atoms with Gasteiger partial charge in [0.1, 0.15) is 0 Å². The summed E-state index contributed by atoms with van der Waals surface area (Å²) in [5.41, 5.74) is 0.469. The Bertz CT molecular complexity index is 604. The monoisotopic (exact) mass is 375 g/mol. The molecule has 1 rings (SSSR count). The highest BCUT2D eigenvalue weighted by molar-refractivity contribution is 6.35. The van der Waals surface area contributed by atoms with Crippen molar-refractivity contribution in [2.24, 2.45) is 5.92 Å². The summed E-state index contributed by atoms with van der Waals surface area (Å²) in [6.07, 6.45) is 0.0538. The second-order valence-corrected chi connectivity index (χ2v) is 6.18. The van der Waals surface area contributed by atoms with Gasteiger partial charge in [-0.15, -0.1) is 0 Å². The number of amides is 3. The van der Waals surface area contributed by atoms with Crippen LogP contribution in [0.1, 0.15) is 13.3 Å². The summed E-state index contributed by atoms with van der Waals surface area (Å²) in [5, 5.41) is 14.8.